The highest BCUT2D eigenvalue weighted by Gasteiger charge is 2.01. The Bertz CT molecular complexity index is 527. The first kappa shape index (κ1) is 10.2. The molecular formula is C11H10N4O. The molecule has 5 heteroatoms. The normalized spacial score (nSPS) is 9.75. The Morgan fingerprint density at radius 2 is 2.38 bits per heavy atom. The average molecular weight is 214 g/mol. The second-order valence-corrected chi connectivity index (χ2v) is 3.21. The van der Waals surface area contributed by atoms with Crippen LogP contribution >= 0.6 is 0 Å². The van der Waals surface area contributed by atoms with E-state index in [9.17, 15) is 0 Å². The topological polar surface area (TPSA) is 63.7 Å². The molecule has 2 aromatic heterocycles. The molecule has 2 aromatic rings. The molecule has 0 radical (unpaired) electrons. The van der Waals surface area contributed by atoms with Gasteiger partial charge < -0.3 is 4.74 Å². The quantitative estimate of drug-likeness (QED) is 0.770. The summed E-state index contributed by atoms with van der Waals surface area (Å²) in [4.78, 5) is 4.26. The molecule has 0 bridgehead atoms. The summed E-state index contributed by atoms with van der Waals surface area (Å²) in [6.45, 7) is 0.527. The maximum absolute atomic E-state index is 8.66. The van der Waals surface area contributed by atoms with E-state index in [0.717, 1.165) is 5.69 Å². The third-order valence-corrected chi connectivity index (χ3v) is 2.08. The Morgan fingerprint density at radius 1 is 1.50 bits per heavy atom. The molecule has 0 aliphatic rings. The number of rotatable bonds is 3. The van der Waals surface area contributed by atoms with E-state index in [4.69, 9.17) is 10.00 Å². The number of hydrogen-bond acceptors (Lipinski definition) is 4. The summed E-state index contributed by atoms with van der Waals surface area (Å²) in [7, 11) is 1.58. The van der Waals surface area contributed by atoms with E-state index < -0.39 is 0 Å². The standard InChI is InChI=1S/C11H10N4O/c1-16-11-4-2-3-10(14-11)8-15-7-9(5-12)6-13-15/h2-4,6-7H,8H2,1H3. The fourth-order valence-corrected chi connectivity index (χ4v) is 1.33. The molecule has 16 heavy (non-hydrogen) atoms. The molecule has 80 valence electrons. The molecule has 0 aliphatic carbocycles. The lowest BCUT2D eigenvalue weighted by molar-refractivity contribution is 0.395. The van der Waals surface area contributed by atoms with Crippen molar-refractivity contribution in [3.63, 3.8) is 0 Å². The first-order chi connectivity index (χ1) is 7.81. The second kappa shape index (κ2) is 4.45. The van der Waals surface area contributed by atoms with Crippen molar-refractivity contribution < 1.29 is 4.74 Å². The van der Waals surface area contributed by atoms with E-state index in [1.807, 2.05) is 18.2 Å². The van der Waals surface area contributed by atoms with Gasteiger partial charge in [-0.2, -0.15) is 10.4 Å². The SMILES string of the molecule is COc1cccc(Cn2cc(C#N)cn2)n1. The lowest BCUT2D eigenvalue weighted by atomic mass is 10.3. The predicted molar refractivity (Wildman–Crippen MR) is 56.8 cm³/mol. The fourth-order valence-electron chi connectivity index (χ4n) is 1.33. The number of ether oxygens (including phenoxy) is 1. The van der Waals surface area contributed by atoms with Crippen LogP contribution in [0.2, 0.25) is 0 Å². The van der Waals surface area contributed by atoms with Crippen LogP contribution in [-0.2, 0) is 6.54 Å². The van der Waals surface area contributed by atoms with Gasteiger partial charge in [0.15, 0.2) is 0 Å². The molecule has 5 nitrogen and oxygen atoms in total. The lowest BCUT2D eigenvalue weighted by Crippen LogP contribution is -2.02. The Labute approximate surface area is 92.9 Å². The van der Waals surface area contributed by atoms with Gasteiger partial charge in [-0.05, 0) is 6.07 Å². The van der Waals surface area contributed by atoms with Crippen LogP contribution in [-0.4, -0.2) is 21.9 Å². The fraction of sp³-hybridized carbons (Fsp3) is 0.182. The van der Waals surface area contributed by atoms with Gasteiger partial charge >= 0.3 is 0 Å². The molecule has 0 fully saturated rings. The summed E-state index contributed by atoms with van der Waals surface area (Å²) in [5, 5.41) is 12.7. The molecule has 0 saturated carbocycles. The van der Waals surface area contributed by atoms with Gasteiger partial charge in [0.25, 0.3) is 0 Å². The monoisotopic (exact) mass is 214 g/mol. The lowest BCUT2D eigenvalue weighted by Gasteiger charge is -2.03. The summed E-state index contributed by atoms with van der Waals surface area (Å²) < 4.78 is 6.69. The van der Waals surface area contributed by atoms with Crippen molar-refractivity contribution >= 4 is 0 Å². The smallest absolute Gasteiger partial charge is 0.213 e. The van der Waals surface area contributed by atoms with Crippen LogP contribution in [0.1, 0.15) is 11.3 Å². The number of hydrogen-bond donors (Lipinski definition) is 0. The maximum Gasteiger partial charge on any atom is 0.213 e. The van der Waals surface area contributed by atoms with E-state index in [1.165, 1.54) is 6.20 Å². The summed E-state index contributed by atoms with van der Waals surface area (Å²) in [5.74, 6) is 0.574. The van der Waals surface area contributed by atoms with Crippen molar-refractivity contribution in [2.75, 3.05) is 7.11 Å². The first-order valence-corrected chi connectivity index (χ1v) is 4.74. The zero-order valence-electron chi connectivity index (χ0n) is 8.79. The van der Waals surface area contributed by atoms with Gasteiger partial charge in [0.05, 0.1) is 31.1 Å². The van der Waals surface area contributed by atoms with Crippen LogP contribution in [0.5, 0.6) is 5.88 Å². The van der Waals surface area contributed by atoms with Gasteiger partial charge in [-0.15, -0.1) is 0 Å². The van der Waals surface area contributed by atoms with E-state index >= 15 is 0 Å². The summed E-state index contributed by atoms with van der Waals surface area (Å²) in [6, 6.07) is 7.57. The molecule has 0 spiro atoms. The number of nitrogens with zero attached hydrogens (tertiary/aromatic N) is 4. The molecule has 0 atom stereocenters. The average Bonchev–Trinajstić information content (AvgIpc) is 2.77. The molecule has 0 aliphatic heterocycles. The van der Waals surface area contributed by atoms with Crippen molar-refractivity contribution in [2.24, 2.45) is 0 Å². The largest absolute Gasteiger partial charge is 0.481 e. The highest BCUT2D eigenvalue weighted by atomic mass is 16.5. The Hall–Kier alpha value is -2.35. The van der Waals surface area contributed by atoms with Gasteiger partial charge in [0, 0.05) is 12.3 Å². The van der Waals surface area contributed by atoms with Crippen molar-refractivity contribution in [1.29, 1.82) is 5.26 Å². The van der Waals surface area contributed by atoms with Crippen molar-refractivity contribution in [3.8, 4) is 11.9 Å². The van der Waals surface area contributed by atoms with E-state index in [2.05, 4.69) is 10.1 Å². The van der Waals surface area contributed by atoms with Crippen LogP contribution in [0.15, 0.2) is 30.6 Å². The molecule has 0 N–H and O–H groups in total. The second-order valence-electron chi connectivity index (χ2n) is 3.21. The number of nitriles is 1. The molecule has 0 saturated heterocycles. The van der Waals surface area contributed by atoms with Gasteiger partial charge in [-0.25, -0.2) is 4.98 Å². The third kappa shape index (κ3) is 2.17. The summed E-state index contributed by atoms with van der Waals surface area (Å²) >= 11 is 0. The third-order valence-electron chi connectivity index (χ3n) is 2.08. The maximum atomic E-state index is 8.66. The Kier molecular flexibility index (Phi) is 2.83. The number of aromatic nitrogens is 3. The zero-order valence-corrected chi connectivity index (χ0v) is 8.79. The molecule has 2 rings (SSSR count). The van der Waals surface area contributed by atoms with E-state index in [-0.39, 0.29) is 0 Å². The first-order valence-electron chi connectivity index (χ1n) is 4.74. The summed E-state index contributed by atoms with van der Waals surface area (Å²) in [6.07, 6.45) is 3.21. The molecule has 0 unspecified atom stereocenters. The zero-order chi connectivity index (χ0) is 11.4. The number of methoxy groups -OCH3 is 1. The van der Waals surface area contributed by atoms with Gasteiger partial charge in [0.1, 0.15) is 6.07 Å². The minimum absolute atomic E-state index is 0.527. The van der Waals surface area contributed by atoms with E-state index in [1.54, 1.807) is 24.1 Å². The van der Waals surface area contributed by atoms with Gasteiger partial charge in [-0.3, -0.25) is 4.68 Å². The van der Waals surface area contributed by atoms with Crippen molar-refractivity contribution in [2.45, 2.75) is 6.54 Å². The van der Waals surface area contributed by atoms with Crippen molar-refractivity contribution in [3.05, 3.63) is 41.9 Å². The van der Waals surface area contributed by atoms with Crippen molar-refractivity contribution in [1.82, 2.24) is 14.8 Å². The van der Waals surface area contributed by atoms with E-state index in [0.29, 0.717) is 18.0 Å². The van der Waals surface area contributed by atoms with Crippen LogP contribution in [0.3, 0.4) is 0 Å². The molecule has 0 aromatic carbocycles. The van der Waals surface area contributed by atoms with Crippen LogP contribution < -0.4 is 4.74 Å². The van der Waals surface area contributed by atoms with Gasteiger partial charge in [-0.1, -0.05) is 6.07 Å². The highest BCUT2D eigenvalue weighted by Crippen LogP contribution is 2.08. The predicted octanol–water partition coefficient (Wildman–Crippen LogP) is 1.21. The van der Waals surface area contributed by atoms with Crippen LogP contribution in [0.25, 0.3) is 0 Å². The minimum Gasteiger partial charge on any atom is -0.481 e. The highest BCUT2D eigenvalue weighted by molar-refractivity contribution is 5.22. The Morgan fingerprint density at radius 3 is 3.06 bits per heavy atom. The van der Waals surface area contributed by atoms with Gasteiger partial charge in [0.2, 0.25) is 5.88 Å². The Balaban J connectivity index is 2.17. The molecule has 0 amide bonds. The van der Waals surface area contributed by atoms with Crippen LogP contribution in [0.4, 0.5) is 0 Å². The molecular weight excluding hydrogens is 204 g/mol. The summed E-state index contributed by atoms with van der Waals surface area (Å²) in [5.41, 5.74) is 1.38. The van der Waals surface area contributed by atoms with Crippen LogP contribution in [0, 0.1) is 11.3 Å². The number of pyridine rings is 1. The molecule has 2 heterocycles. The minimum atomic E-state index is 0.527.